The Balaban J connectivity index is 1.51. The van der Waals surface area contributed by atoms with Gasteiger partial charge in [0.2, 0.25) is 17.7 Å². The third kappa shape index (κ3) is 2.83. The molecule has 1 saturated carbocycles. The molecule has 1 saturated heterocycles. The molecular weight excluding hydrogens is 366 g/mol. The smallest absolute Gasteiger partial charge is 0.271 e. The first-order chi connectivity index (χ1) is 13.4. The van der Waals surface area contributed by atoms with Gasteiger partial charge >= 0.3 is 0 Å². The van der Waals surface area contributed by atoms with Crippen molar-refractivity contribution in [3.63, 3.8) is 0 Å². The summed E-state index contributed by atoms with van der Waals surface area (Å²) >= 11 is 0. The summed E-state index contributed by atoms with van der Waals surface area (Å²) in [5.41, 5.74) is -0.0990. The fourth-order valence-corrected chi connectivity index (χ4v) is 4.53. The Morgan fingerprint density at radius 2 is 1.82 bits per heavy atom. The van der Waals surface area contributed by atoms with E-state index in [0.29, 0.717) is 0 Å². The number of hydrogen-bond acceptors (Lipinski definition) is 6. The molecule has 0 radical (unpaired) electrons. The molecule has 5 rings (SSSR count). The number of carbonyl (C=O) groups excluding carboxylic acids is 3. The summed E-state index contributed by atoms with van der Waals surface area (Å²) in [6, 6.07) is 3.81. The third-order valence-electron chi connectivity index (χ3n) is 5.82. The van der Waals surface area contributed by atoms with Crippen LogP contribution in [0, 0.1) is 33.8 Å². The van der Waals surface area contributed by atoms with E-state index in [2.05, 4.69) is 5.32 Å². The van der Waals surface area contributed by atoms with Crippen LogP contribution in [0.15, 0.2) is 30.4 Å². The zero-order valence-corrected chi connectivity index (χ0v) is 15.2. The number of hydrogen-bond donors (Lipinski definition) is 1. The topological polar surface area (TPSA) is 119 Å². The summed E-state index contributed by atoms with van der Waals surface area (Å²) in [6.45, 7) is -0.421. The van der Waals surface area contributed by atoms with Gasteiger partial charge in [0.05, 0.1) is 29.6 Å². The zero-order chi connectivity index (χ0) is 20.0. The van der Waals surface area contributed by atoms with E-state index < -0.39 is 17.4 Å². The fourth-order valence-electron chi connectivity index (χ4n) is 4.53. The maximum atomic E-state index is 12.8. The second-order valence-electron chi connectivity index (χ2n) is 7.29. The molecular formula is C19H19N3O6. The number of imide groups is 1. The second-order valence-corrected chi connectivity index (χ2v) is 7.29. The predicted octanol–water partition coefficient (Wildman–Crippen LogP) is 1.74. The maximum absolute atomic E-state index is 12.8. The lowest BCUT2D eigenvalue weighted by Gasteiger charge is -2.38. The lowest BCUT2D eigenvalue weighted by atomic mass is 9.63. The van der Waals surface area contributed by atoms with Crippen molar-refractivity contribution < 1.29 is 24.0 Å². The first-order valence-electron chi connectivity index (χ1n) is 9.06. The lowest BCUT2D eigenvalue weighted by Crippen LogP contribution is -2.38. The third-order valence-corrected chi connectivity index (χ3v) is 5.82. The zero-order valence-electron chi connectivity index (χ0n) is 15.2. The van der Waals surface area contributed by atoms with Crippen molar-refractivity contribution in [2.45, 2.75) is 12.8 Å². The van der Waals surface area contributed by atoms with Crippen LogP contribution in [0.4, 0.5) is 11.4 Å². The molecule has 2 fully saturated rings. The molecule has 1 N–H and O–H groups in total. The molecule has 1 aliphatic heterocycles. The van der Waals surface area contributed by atoms with Crippen LogP contribution >= 0.6 is 0 Å². The SMILES string of the molecule is COc1ccc([N+](=O)[O-])cc1NC(=O)CN1C(=O)C2C3C=CC(CC3)C2C1=O. The number of nitrogens with one attached hydrogen (secondary N) is 1. The number of ether oxygens (including phenoxy) is 1. The van der Waals surface area contributed by atoms with Crippen LogP contribution in [0.2, 0.25) is 0 Å². The van der Waals surface area contributed by atoms with Gasteiger partial charge in [0, 0.05) is 12.1 Å². The average molecular weight is 385 g/mol. The highest BCUT2D eigenvalue weighted by molar-refractivity contribution is 6.09. The van der Waals surface area contributed by atoms with Crippen LogP contribution in [-0.2, 0) is 14.4 Å². The average Bonchev–Trinajstić information content (AvgIpc) is 2.95. The van der Waals surface area contributed by atoms with Crippen LogP contribution in [0.25, 0.3) is 0 Å². The molecule has 9 nitrogen and oxygen atoms in total. The summed E-state index contributed by atoms with van der Waals surface area (Å²) in [6.07, 6.45) is 5.79. The van der Waals surface area contributed by atoms with Gasteiger partial charge in [-0.3, -0.25) is 29.4 Å². The minimum absolute atomic E-state index is 0.0522. The number of anilines is 1. The molecule has 4 atom stereocenters. The van der Waals surface area contributed by atoms with Gasteiger partial charge in [-0.1, -0.05) is 12.2 Å². The number of nitro benzene ring substituents is 1. The Morgan fingerprint density at radius 3 is 2.32 bits per heavy atom. The highest BCUT2D eigenvalue weighted by Crippen LogP contribution is 2.49. The Kier molecular flexibility index (Phi) is 4.37. The van der Waals surface area contributed by atoms with Gasteiger partial charge in [0.25, 0.3) is 5.69 Å². The van der Waals surface area contributed by atoms with Crippen LogP contribution < -0.4 is 10.1 Å². The van der Waals surface area contributed by atoms with Crippen molar-refractivity contribution in [1.82, 2.24) is 4.90 Å². The van der Waals surface area contributed by atoms with E-state index in [4.69, 9.17) is 4.74 Å². The molecule has 3 amide bonds. The monoisotopic (exact) mass is 385 g/mol. The molecule has 3 aliphatic carbocycles. The van der Waals surface area contributed by atoms with Crippen LogP contribution in [0.3, 0.4) is 0 Å². The number of nitrogens with zero attached hydrogens (tertiary/aromatic N) is 2. The summed E-state index contributed by atoms with van der Waals surface area (Å²) in [5, 5.41) is 13.5. The number of fused-ring (bicyclic) bond motifs is 1. The Labute approximate surface area is 160 Å². The molecule has 1 aromatic rings. The fraction of sp³-hybridized carbons (Fsp3) is 0.421. The lowest BCUT2D eigenvalue weighted by molar-refractivity contribution is -0.384. The number of allylic oxidation sites excluding steroid dienone is 2. The summed E-state index contributed by atoms with van der Waals surface area (Å²) in [4.78, 5) is 49.4. The van der Waals surface area contributed by atoms with E-state index in [9.17, 15) is 24.5 Å². The molecule has 146 valence electrons. The normalized spacial score (nSPS) is 27.7. The van der Waals surface area contributed by atoms with E-state index in [-0.39, 0.29) is 52.6 Å². The van der Waals surface area contributed by atoms with Crippen molar-refractivity contribution in [2.75, 3.05) is 19.0 Å². The van der Waals surface area contributed by atoms with E-state index in [1.165, 1.54) is 25.3 Å². The Bertz CT molecular complexity index is 879. The summed E-state index contributed by atoms with van der Waals surface area (Å²) in [7, 11) is 1.37. The van der Waals surface area contributed by atoms with Gasteiger partial charge in [-0.05, 0) is 30.7 Å². The van der Waals surface area contributed by atoms with Crippen LogP contribution in [0.5, 0.6) is 5.75 Å². The maximum Gasteiger partial charge on any atom is 0.271 e. The quantitative estimate of drug-likeness (QED) is 0.357. The number of nitro groups is 1. The molecule has 1 heterocycles. The van der Waals surface area contributed by atoms with Crippen molar-refractivity contribution in [2.24, 2.45) is 23.7 Å². The summed E-state index contributed by atoms with van der Waals surface area (Å²) < 4.78 is 5.11. The first-order valence-corrected chi connectivity index (χ1v) is 9.06. The predicted molar refractivity (Wildman–Crippen MR) is 97.3 cm³/mol. The Morgan fingerprint density at radius 1 is 1.21 bits per heavy atom. The van der Waals surface area contributed by atoms with E-state index in [0.717, 1.165) is 17.7 Å². The van der Waals surface area contributed by atoms with Crippen molar-refractivity contribution >= 4 is 29.1 Å². The number of carbonyl (C=O) groups is 3. The van der Waals surface area contributed by atoms with Crippen molar-refractivity contribution in [3.8, 4) is 5.75 Å². The number of amides is 3. The number of methoxy groups -OCH3 is 1. The molecule has 0 aromatic heterocycles. The van der Waals surface area contributed by atoms with E-state index >= 15 is 0 Å². The largest absolute Gasteiger partial charge is 0.495 e. The number of likely N-dealkylation sites (tertiary alicyclic amines) is 1. The second kappa shape index (κ2) is 6.74. The molecule has 4 unspecified atom stereocenters. The number of benzene rings is 1. The van der Waals surface area contributed by atoms with Gasteiger partial charge in [-0.2, -0.15) is 0 Å². The number of rotatable bonds is 5. The minimum atomic E-state index is -0.612. The number of non-ortho nitro benzene ring substituents is 1. The highest BCUT2D eigenvalue weighted by atomic mass is 16.6. The minimum Gasteiger partial charge on any atom is -0.495 e. The van der Waals surface area contributed by atoms with Gasteiger partial charge in [-0.25, -0.2) is 0 Å². The molecule has 4 aliphatic rings. The van der Waals surface area contributed by atoms with Crippen molar-refractivity contribution in [1.29, 1.82) is 0 Å². The Hall–Kier alpha value is -3.23. The van der Waals surface area contributed by atoms with Crippen LogP contribution in [-0.4, -0.2) is 41.2 Å². The van der Waals surface area contributed by atoms with Gasteiger partial charge in [0.1, 0.15) is 12.3 Å². The van der Waals surface area contributed by atoms with Crippen LogP contribution in [0.1, 0.15) is 12.8 Å². The standard InChI is InChI=1S/C19H19N3O6/c1-28-14-7-6-12(22(26)27)8-13(14)20-15(23)9-21-18(24)16-10-2-3-11(5-4-10)17(16)19(21)25/h2-3,6-8,10-11,16-17H,4-5,9H2,1H3,(H,20,23). The van der Waals surface area contributed by atoms with Gasteiger partial charge in [-0.15, -0.1) is 0 Å². The molecule has 0 spiro atoms. The van der Waals surface area contributed by atoms with Gasteiger partial charge in [0.15, 0.2) is 0 Å². The van der Waals surface area contributed by atoms with E-state index in [1.807, 2.05) is 12.2 Å². The van der Waals surface area contributed by atoms with Crippen molar-refractivity contribution in [3.05, 3.63) is 40.5 Å². The van der Waals surface area contributed by atoms with E-state index in [1.54, 1.807) is 0 Å². The molecule has 2 bridgehead atoms. The summed E-state index contributed by atoms with van der Waals surface area (Å²) in [5.74, 6) is -1.64. The highest BCUT2D eigenvalue weighted by Gasteiger charge is 2.56. The molecule has 28 heavy (non-hydrogen) atoms. The molecule has 1 aromatic carbocycles. The van der Waals surface area contributed by atoms with Gasteiger partial charge < -0.3 is 10.1 Å². The molecule has 9 heteroatoms. The first kappa shape index (κ1) is 18.1.